The van der Waals surface area contributed by atoms with Crippen LogP contribution < -0.4 is 10.5 Å². The minimum Gasteiger partial charge on any atom is -0.497 e. The van der Waals surface area contributed by atoms with Crippen LogP contribution in [-0.4, -0.2) is 13.0 Å². The van der Waals surface area contributed by atoms with Gasteiger partial charge in [-0.3, -0.25) is 4.79 Å². The highest BCUT2D eigenvalue weighted by molar-refractivity contribution is 6.30. The van der Waals surface area contributed by atoms with Crippen molar-refractivity contribution >= 4 is 17.5 Å². The summed E-state index contributed by atoms with van der Waals surface area (Å²) >= 11 is 5.84. The number of amides is 1. The fourth-order valence-electron chi connectivity index (χ4n) is 1.73. The average molecular weight is 262 g/mol. The van der Waals surface area contributed by atoms with Crippen LogP contribution in [0, 0.1) is 0 Å². The van der Waals surface area contributed by atoms with Crippen molar-refractivity contribution in [3.8, 4) is 16.9 Å². The van der Waals surface area contributed by atoms with Gasteiger partial charge in [0.25, 0.3) is 0 Å². The quantitative estimate of drug-likeness (QED) is 0.923. The van der Waals surface area contributed by atoms with E-state index in [4.69, 9.17) is 22.1 Å². The van der Waals surface area contributed by atoms with Crippen LogP contribution in [0.25, 0.3) is 11.1 Å². The van der Waals surface area contributed by atoms with Crippen LogP contribution in [0.3, 0.4) is 0 Å². The number of hydrogen-bond acceptors (Lipinski definition) is 2. The summed E-state index contributed by atoms with van der Waals surface area (Å²) in [5.41, 5.74) is 7.43. The molecule has 3 nitrogen and oxygen atoms in total. The second kappa shape index (κ2) is 5.10. The third-order valence-corrected chi connectivity index (χ3v) is 2.90. The third-order valence-electron chi connectivity index (χ3n) is 2.65. The van der Waals surface area contributed by atoms with Gasteiger partial charge in [-0.25, -0.2) is 0 Å². The van der Waals surface area contributed by atoms with Gasteiger partial charge >= 0.3 is 0 Å². The largest absolute Gasteiger partial charge is 0.497 e. The summed E-state index contributed by atoms with van der Waals surface area (Å²) in [4.78, 5) is 11.4. The molecule has 0 aliphatic rings. The summed E-state index contributed by atoms with van der Waals surface area (Å²) in [6.07, 6.45) is 0. The maximum atomic E-state index is 11.4. The van der Waals surface area contributed by atoms with Crippen molar-refractivity contribution in [2.45, 2.75) is 0 Å². The molecule has 92 valence electrons. The number of methoxy groups -OCH3 is 1. The van der Waals surface area contributed by atoms with E-state index in [1.165, 1.54) is 0 Å². The molecule has 4 heteroatoms. The van der Waals surface area contributed by atoms with E-state index in [0.29, 0.717) is 16.3 Å². The highest BCUT2D eigenvalue weighted by Crippen LogP contribution is 2.28. The van der Waals surface area contributed by atoms with Crippen LogP contribution in [0.5, 0.6) is 5.75 Å². The molecular weight excluding hydrogens is 250 g/mol. The van der Waals surface area contributed by atoms with Crippen molar-refractivity contribution in [1.29, 1.82) is 0 Å². The summed E-state index contributed by atoms with van der Waals surface area (Å²) in [7, 11) is 1.57. The zero-order chi connectivity index (χ0) is 13.1. The number of benzene rings is 2. The number of primary amides is 1. The van der Waals surface area contributed by atoms with Crippen molar-refractivity contribution in [3.05, 3.63) is 53.1 Å². The van der Waals surface area contributed by atoms with E-state index in [1.807, 2.05) is 12.1 Å². The van der Waals surface area contributed by atoms with Crippen LogP contribution in [0.15, 0.2) is 42.5 Å². The second-order valence-electron chi connectivity index (χ2n) is 3.78. The number of ether oxygens (including phenoxy) is 1. The van der Waals surface area contributed by atoms with Gasteiger partial charge in [0, 0.05) is 10.6 Å². The minimum absolute atomic E-state index is 0.457. The molecule has 0 atom stereocenters. The lowest BCUT2D eigenvalue weighted by atomic mass is 9.99. The van der Waals surface area contributed by atoms with Gasteiger partial charge in [0.15, 0.2) is 0 Å². The first-order valence-electron chi connectivity index (χ1n) is 5.35. The zero-order valence-corrected chi connectivity index (χ0v) is 10.6. The molecule has 0 radical (unpaired) electrons. The molecule has 0 bridgehead atoms. The van der Waals surface area contributed by atoms with E-state index in [0.717, 1.165) is 11.1 Å². The number of halogens is 1. The van der Waals surface area contributed by atoms with E-state index in [1.54, 1.807) is 37.4 Å². The van der Waals surface area contributed by atoms with Crippen molar-refractivity contribution in [3.63, 3.8) is 0 Å². The molecule has 0 aliphatic heterocycles. The molecule has 1 amide bonds. The zero-order valence-electron chi connectivity index (χ0n) is 9.81. The highest BCUT2D eigenvalue weighted by Gasteiger charge is 2.11. The number of carbonyl (C=O) groups is 1. The van der Waals surface area contributed by atoms with E-state index >= 15 is 0 Å². The van der Waals surface area contributed by atoms with Crippen LogP contribution >= 0.6 is 11.6 Å². The first kappa shape index (κ1) is 12.5. The summed E-state index contributed by atoms with van der Waals surface area (Å²) in [5.74, 6) is 0.201. The minimum atomic E-state index is -0.470. The lowest BCUT2D eigenvalue weighted by Crippen LogP contribution is -2.12. The fraction of sp³-hybridized carbons (Fsp3) is 0.0714. The average Bonchev–Trinajstić information content (AvgIpc) is 2.38. The number of rotatable bonds is 3. The molecule has 0 unspecified atom stereocenters. The molecular formula is C14H12ClNO2. The molecule has 0 spiro atoms. The Morgan fingerprint density at radius 3 is 2.39 bits per heavy atom. The first-order chi connectivity index (χ1) is 8.61. The SMILES string of the molecule is COc1ccc(C(N)=O)c(-c2ccc(Cl)cc2)c1. The van der Waals surface area contributed by atoms with Gasteiger partial charge in [-0.2, -0.15) is 0 Å². The summed E-state index contributed by atoms with van der Waals surface area (Å²) in [6.45, 7) is 0. The van der Waals surface area contributed by atoms with Crippen molar-refractivity contribution in [2.24, 2.45) is 5.73 Å². The molecule has 2 aromatic rings. The lowest BCUT2D eigenvalue weighted by molar-refractivity contribution is 0.100. The second-order valence-corrected chi connectivity index (χ2v) is 4.22. The summed E-state index contributed by atoms with van der Waals surface area (Å²) in [6, 6.07) is 12.4. The molecule has 0 aliphatic carbocycles. The van der Waals surface area contributed by atoms with Gasteiger partial charge in [0.2, 0.25) is 5.91 Å². The van der Waals surface area contributed by atoms with Crippen LogP contribution in [0.1, 0.15) is 10.4 Å². The molecule has 2 aromatic carbocycles. The summed E-state index contributed by atoms with van der Waals surface area (Å²) < 4.78 is 5.16. The van der Waals surface area contributed by atoms with Gasteiger partial charge in [-0.1, -0.05) is 23.7 Å². The molecule has 2 rings (SSSR count). The topological polar surface area (TPSA) is 52.3 Å². The van der Waals surface area contributed by atoms with Gasteiger partial charge in [-0.15, -0.1) is 0 Å². The Morgan fingerprint density at radius 2 is 1.83 bits per heavy atom. The smallest absolute Gasteiger partial charge is 0.249 e. The molecule has 18 heavy (non-hydrogen) atoms. The van der Waals surface area contributed by atoms with Crippen molar-refractivity contribution in [2.75, 3.05) is 7.11 Å². The Hall–Kier alpha value is -2.00. The molecule has 0 saturated heterocycles. The Labute approximate surface area is 110 Å². The van der Waals surface area contributed by atoms with Crippen LogP contribution in [0.4, 0.5) is 0 Å². The van der Waals surface area contributed by atoms with Crippen LogP contribution in [-0.2, 0) is 0 Å². The van der Waals surface area contributed by atoms with Crippen LogP contribution in [0.2, 0.25) is 5.02 Å². The highest BCUT2D eigenvalue weighted by atomic mass is 35.5. The van der Waals surface area contributed by atoms with Gasteiger partial charge in [0.05, 0.1) is 7.11 Å². The van der Waals surface area contributed by atoms with Crippen molar-refractivity contribution < 1.29 is 9.53 Å². The lowest BCUT2D eigenvalue weighted by Gasteiger charge is -2.09. The first-order valence-corrected chi connectivity index (χ1v) is 5.73. The third kappa shape index (κ3) is 2.46. The van der Waals surface area contributed by atoms with Crippen molar-refractivity contribution in [1.82, 2.24) is 0 Å². The Bertz CT molecular complexity index is 579. The van der Waals surface area contributed by atoms with E-state index in [9.17, 15) is 4.79 Å². The normalized spacial score (nSPS) is 10.1. The number of carbonyl (C=O) groups excluding carboxylic acids is 1. The fourth-order valence-corrected chi connectivity index (χ4v) is 1.86. The standard InChI is InChI=1S/C14H12ClNO2/c1-18-11-6-7-12(14(16)17)13(8-11)9-2-4-10(15)5-3-9/h2-8H,1H3,(H2,16,17). The van der Waals surface area contributed by atoms with E-state index < -0.39 is 5.91 Å². The molecule has 0 fully saturated rings. The van der Waals surface area contributed by atoms with E-state index in [-0.39, 0.29) is 0 Å². The molecule has 0 aromatic heterocycles. The maximum absolute atomic E-state index is 11.4. The predicted molar refractivity (Wildman–Crippen MR) is 72.0 cm³/mol. The monoisotopic (exact) mass is 261 g/mol. The Kier molecular flexibility index (Phi) is 3.53. The molecule has 0 heterocycles. The predicted octanol–water partition coefficient (Wildman–Crippen LogP) is 3.11. The molecule has 0 saturated carbocycles. The van der Waals surface area contributed by atoms with Gasteiger partial charge in [-0.05, 0) is 41.5 Å². The Balaban J connectivity index is 2.59. The maximum Gasteiger partial charge on any atom is 0.249 e. The summed E-state index contributed by atoms with van der Waals surface area (Å²) in [5, 5.41) is 0.641. The number of nitrogens with two attached hydrogens (primary N) is 1. The number of hydrogen-bond donors (Lipinski definition) is 1. The molecule has 2 N–H and O–H groups in total. The van der Waals surface area contributed by atoms with Gasteiger partial charge < -0.3 is 10.5 Å². The van der Waals surface area contributed by atoms with E-state index in [2.05, 4.69) is 0 Å². The van der Waals surface area contributed by atoms with Gasteiger partial charge in [0.1, 0.15) is 5.75 Å². The Morgan fingerprint density at radius 1 is 1.17 bits per heavy atom.